The lowest BCUT2D eigenvalue weighted by atomic mass is 9.99. The fourth-order valence-corrected chi connectivity index (χ4v) is 3.08. The first-order valence-electron chi connectivity index (χ1n) is 8.23. The van der Waals surface area contributed by atoms with E-state index >= 15 is 0 Å². The van der Waals surface area contributed by atoms with E-state index in [1.54, 1.807) is 6.20 Å². The second kappa shape index (κ2) is 7.01. The summed E-state index contributed by atoms with van der Waals surface area (Å²) in [6.45, 7) is 4.27. The van der Waals surface area contributed by atoms with Gasteiger partial charge in [-0.1, -0.05) is 29.8 Å². The van der Waals surface area contributed by atoms with Gasteiger partial charge in [0.2, 0.25) is 5.43 Å². The van der Waals surface area contributed by atoms with E-state index in [0.717, 1.165) is 43.7 Å². The number of ether oxygens (including phenoxy) is 1. The van der Waals surface area contributed by atoms with Crippen LogP contribution in [-0.4, -0.2) is 23.7 Å². The van der Waals surface area contributed by atoms with Crippen molar-refractivity contribution in [1.82, 2.24) is 4.57 Å². The lowest BCUT2D eigenvalue weighted by molar-refractivity contribution is 0.0612. The average Bonchev–Trinajstić information content (AvgIpc) is 2.58. The van der Waals surface area contributed by atoms with Crippen molar-refractivity contribution in [1.29, 1.82) is 0 Å². The number of carbonyl (C=O) groups excluding carboxylic acids is 1. The van der Waals surface area contributed by atoms with Crippen molar-refractivity contribution in [3.05, 3.63) is 58.0 Å². The molecule has 0 atom stereocenters. The number of nitrogens with two attached hydrogens (primary N) is 1. The summed E-state index contributed by atoms with van der Waals surface area (Å²) in [5, 5.41) is 0. The van der Waals surface area contributed by atoms with Crippen LogP contribution in [0, 0.1) is 12.8 Å². The lowest BCUT2D eigenvalue weighted by Crippen LogP contribution is -2.27. The van der Waals surface area contributed by atoms with E-state index < -0.39 is 5.91 Å². The molecule has 0 aliphatic carbocycles. The van der Waals surface area contributed by atoms with Gasteiger partial charge in [0.25, 0.3) is 5.91 Å². The van der Waals surface area contributed by atoms with Gasteiger partial charge < -0.3 is 15.0 Å². The predicted molar refractivity (Wildman–Crippen MR) is 92.9 cm³/mol. The molecule has 0 radical (unpaired) electrons. The summed E-state index contributed by atoms with van der Waals surface area (Å²) in [6.07, 6.45) is 5.38. The van der Waals surface area contributed by atoms with Crippen molar-refractivity contribution in [3.63, 3.8) is 0 Å². The second-order valence-corrected chi connectivity index (χ2v) is 6.40. The predicted octanol–water partition coefficient (Wildman–Crippen LogP) is 2.35. The number of amides is 1. The molecule has 3 rings (SSSR count). The molecule has 1 fully saturated rings. The number of aryl methyl sites for hydroxylation is 1. The number of pyridine rings is 1. The minimum absolute atomic E-state index is 0.0418. The zero-order valence-corrected chi connectivity index (χ0v) is 13.8. The van der Waals surface area contributed by atoms with Crippen LogP contribution in [-0.2, 0) is 11.3 Å². The summed E-state index contributed by atoms with van der Waals surface area (Å²) in [5.41, 5.74) is 7.58. The van der Waals surface area contributed by atoms with Gasteiger partial charge in [0, 0.05) is 37.7 Å². The molecule has 5 heteroatoms. The maximum Gasteiger partial charge on any atom is 0.254 e. The van der Waals surface area contributed by atoms with Crippen LogP contribution in [0.2, 0.25) is 0 Å². The molecule has 24 heavy (non-hydrogen) atoms. The maximum atomic E-state index is 12.6. The number of hydrogen-bond acceptors (Lipinski definition) is 3. The first kappa shape index (κ1) is 16.5. The molecule has 2 aromatic rings. The van der Waals surface area contributed by atoms with E-state index in [2.05, 4.69) is 0 Å². The Bertz CT molecular complexity index is 787. The highest BCUT2D eigenvalue weighted by Crippen LogP contribution is 2.20. The summed E-state index contributed by atoms with van der Waals surface area (Å²) in [7, 11) is 0. The molecule has 126 valence electrons. The minimum atomic E-state index is -0.685. The molecule has 0 saturated carbocycles. The van der Waals surface area contributed by atoms with Gasteiger partial charge in [-0.15, -0.1) is 0 Å². The van der Waals surface area contributed by atoms with Crippen LogP contribution in [0.15, 0.2) is 41.5 Å². The van der Waals surface area contributed by atoms with Crippen molar-refractivity contribution in [2.45, 2.75) is 26.3 Å². The third kappa shape index (κ3) is 3.57. The normalized spacial score (nSPS) is 15.4. The van der Waals surface area contributed by atoms with Crippen molar-refractivity contribution >= 4 is 5.91 Å². The van der Waals surface area contributed by atoms with Gasteiger partial charge in [0.05, 0.1) is 0 Å². The Morgan fingerprint density at radius 2 is 1.88 bits per heavy atom. The Balaban J connectivity index is 2.01. The highest BCUT2D eigenvalue weighted by molar-refractivity contribution is 5.93. The maximum absolute atomic E-state index is 12.6. The molecule has 5 nitrogen and oxygen atoms in total. The van der Waals surface area contributed by atoms with Gasteiger partial charge in [0.1, 0.15) is 5.56 Å². The van der Waals surface area contributed by atoms with E-state index in [1.807, 2.05) is 42.0 Å². The summed E-state index contributed by atoms with van der Waals surface area (Å²) in [4.78, 5) is 24.3. The molecule has 2 heterocycles. The Kier molecular flexibility index (Phi) is 4.81. The number of benzene rings is 1. The van der Waals surface area contributed by atoms with Gasteiger partial charge in [-0.25, -0.2) is 0 Å². The number of hydrogen-bond donors (Lipinski definition) is 1. The first-order valence-corrected chi connectivity index (χ1v) is 8.23. The molecular formula is C19H22N2O3. The lowest BCUT2D eigenvalue weighted by Gasteiger charge is -2.23. The number of rotatable bonds is 4. The van der Waals surface area contributed by atoms with Crippen LogP contribution in [0.3, 0.4) is 0 Å². The Labute approximate surface area is 141 Å². The van der Waals surface area contributed by atoms with E-state index in [1.165, 1.54) is 0 Å². The van der Waals surface area contributed by atoms with Crippen LogP contribution in [0.25, 0.3) is 11.1 Å². The summed E-state index contributed by atoms with van der Waals surface area (Å²) < 4.78 is 7.31. The van der Waals surface area contributed by atoms with Gasteiger partial charge in [-0.3, -0.25) is 9.59 Å². The monoisotopic (exact) mass is 326 g/mol. The van der Waals surface area contributed by atoms with Crippen LogP contribution in [0.1, 0.15) is 28.8 Å². The van der Waals surface area contributed by atoms with Crippen LogP contribution < -0.4 is 11.2 Å². The number of nitrogens with zero attached hydrogens (tertiary/aromatic N) is 1. The Morgan fingerprint density at radius 1 is 1.21 bits per heavy atom. The zero-order chi connectivity index (χ0) is 17.1. The van der Waals surface area contributed by atoms with Crippen molar-refractivity contribution in [3.8, 4) is 11.1 Å². The Morgan fingerprint density at radius 3 is 2.50 bits per heavy atom. The van der Waals surface area contributed by atoms with Crippen LogP contribution >= 0.6 is 0 Å². The minimum Gasteiger partial charge on any atom is -0.381 e. The smallest absolute Gasteiger partial charge is 0.254 e. The third-order valence-corrected chi connectivity index (χ3v) is 4.52. The second-order valence-electron chi connectivity index (χ2n) is 6.40. The fraction of sp³-hybridized carbons (Fsp3) is 0.368. The van der Waals surface area contributed by atoms with Gasteiger partial charge in [0.15, 0.2) is 0 Å². The molecule has 1 aliphatic heterocycles. The molecule has 2 N–H and O–H groups in total. The molecule has 0 unspecified atom stereocenters. The highest BCUT2D eigenvalue weighted by Gasteiger charge is 2.17. The van der Waals surface area contributed by atoms with E-state index in [0.29, 0.717) is 11.5 Å². The number of aromatic nitrogens is 1. The van der Waals surface area contributed by atoms with Crippen molar-refractivity contribution < 1.29 is 9.53 Å². The molecule has 1 aliphatic rings. The number of carbonyl (C=O) groups is 1. The van der Waals surface area contributed by atoms with Crippen LogP contribution in [0.5, 0.6) is 0 Å². The first-order chi connectivity index (χ1) is 11.5. The van der Waals surface area contributed by atoms with E-state index in [9.17, 15) is 9.59 Å². The standard InChI is InChI=1S/C19H22N2O3/c1-13-2-4-15(5-3-13)16-11-21(10-14-6-8-24-9-7-14)12-17(18(16)22)19(20)23/h2-5,11-12,14H,6-10H2,1H3,(H2,20,23). The highest BCUT2D eigenvalue weighted by atomic mass is 16.5. The van der Waals surface area contributed by atoms with Crippen molar-refractivity contribution in [2.75, 3.05) is 13.2 Å². The summed E-state index contributed by atoms with van der Waals surface area (Å²) >= 11 is 0. The molecule has 1 amide bonds. The van der Waals surface area contributed by atoms with Crippen LogP contribution in [0.4, 0.5) is 0 Å². The topological polar surface area (TPSA) is 74.3 Å². The largest absolute Gasteiger partial charge is 0.381 e. The van der Waals surface area contributed by atoms with Gasteiger partial charge >= 0.3 is 0 Å². The Hall–Kier alpha value is -2.40. The molecule has 1 saturated heterocycles. The van der Waals surface area contributed by atoms with Gasteiger partial charge in [-0.05, 0) is 31.2 Å². The molecule has 0 bridgehead atoms. The fourth-order valence-electron chi connectivity index (χ4n) is 3.08. The average molecular weight is 326 g/mol. The van der Waals surface area contributed by atoms with Gasteiger partial charge in [-0.2, -0.15) is 0 Å². The zero-order valence-electron chi connectivity index (χ0n) is 13.8. The molecule has 0 spiro atoms. The summed E-state index contributed by atoms with van der Waals surface area (Å²) in [6, 6.07) is 7.70. The number of primary amides is 1. The molecule has 1 aromatic heterocycles. The van der Waals surface area contributed by atoms with Crippen molar-refractivity contribution in [2.24, 2.45) is 11.7 Å². The van der Waals surface area contributed by atoms with E-state index in [4.69, 9.17) is 10.5 Å². The quantitative estimate of drug-likeness (QED) is 0.937. The molecular weight excluding hydrogens is 304 g/mol. The van der Waals surface area contributed by atoms with E-state index in [-0.39, 0.29) is 11.0 Å². The SMILES string of the molecule is Cc1ccc(-c2cn(CC3CCOCC3)cc(C(N)=O)c2=O)cc1. The third-order valence-electron chi connectivity index (χ3n) is 4.52. The molecule has 1 aromatic carbocycles. The summed E-state index contributed by atoms with van der Waals surface area (Å²) in [5.74, 6) is -0.206.